The highest BCUT2D eigenvalue weighted by Crippen LogP contribution is 2.22. The lowest BCUT2D eigenvalue weighted by molar-refractivity contribution is 0.340. The molecule has 0 radical (unpaired) electrons. The topological polar surface area (TPSA) is 50.8 Å². The van der Waals surface area contributed by atoms with Gasteiger partial charge in [0.15, 0.2) is 5.82 Å². The van der Waals surface area contributed by atoms with Crippen molar-refractivity contribution in [3.05, 3.63) is 59.9 Å². The standard InChI is InChI=1S/C19H17N3O/c1-3-23-16-10-8-14(9-11-16)12-15(13-20)19-21-17-6-4-5-7-18(17)22(19)2/h4-12H,3H2,1-2H3/b15-12+. The normalized spacial score (nSPS) is 11.4. The summed E-state index contributed by atoms with van der Waals surface area (Å²) in [5.41, 5.74) is 3.37. The number of nitrogens with zero attached hydrogens (tertiary/aromatic N) is 3. The number of fused-ring (bicyclic) bond motifs is 1. The Morgan fingerprint density at radius 1 is 1.22 bits per heavy atom. The van der Waals surface area contributed by atoms with Crippen molar-refractivity contribution >= 4 is 22.7 Å². The van der Waals surface area contributed by atoms with Crippen molar-refractivity contribution in [2.24, 2.45) is 7.05 Å². The summed E-state index contributed by atoms with van der Waals surface area (Å²) in [7, 11) is 1.92. The van der Waals surface area contributed by atoms with Crippen LogP contribution in [0.4, 0.5) is 0 Å². The van der Waals surface area contributed by atoms with E-state index in [-0.39, 0.29) is 0 Å². The lowest BCUT2D eigenvalue weighted by atomic mass is 10.1. The SMILES string of the molecule is CCOc1ccc(/C=C(\C#N)c2nc3ccccc3n2C)cc1. The minimum atomic E-state index is 0.535. The van der Waals surface area contributed by atoms with E-state index in [9.17, 15) is 5.26 Å². The van der Waals surface area contributed by atoms with Crippen LogP contribution >= 0.6 is 0 Å². The maximum atomic E-state index is 9.53. The van der Waals surface area contributed by atoms with Crippen LogP contribution in [0.2, 0.25) is 0 Å². The Balaban J connectivity index is 2.01. The Kier molecular flexibility index (Phi) is 4.11. The van der Waals surface area contributed by atoms with E-state index in [1.807, 2.05) is 73.1 Å². The highest BCUT2D eigenvalue weighted by Gasteiger charge is 2.11. The molecule has 0 aliphatic heterocycles. The van der Waals surface area contributed by atoms with Crippen molar-refractivity contribution in [3.63, 3.8) is 0 Å². The van der Waals surface area contributed by atoms with Crippen LogP contribution in [0.15, 0.2) is 48.5 Å². The predicted molar refractivity (Wildman–Crippen MR) is 91.8 cm³/mol. The zero-order chi connectivity index (χ0) is 16.2. The molecule has 0 saturated carbocycles. The molecule has 23 heavy (non-hydrogen) atoms. The molecular weight excluding hydrogens is 286 g/mol. The molecule has 0 fully saturated rings. The number of para-hydroxylation sites is 2. The molecule has 0 unspecified atom stereocenters. The summed E-state index contributed by atoms with van der Waals surface area (Å²) < 4.78 is 7.38. The molecule has 3 aromatic rings. The molecule has 4 heteroatoms. The van der Waals surface area contributed by atoms with Gasteiger partial charge in [0.05, 0.1) is 23.2 Å². The van der Waals surface area contributed by atoms with Crippen molar-refractivity contribution in [2.45, 2.75) is 6.92 Å². The van der Waals surface area contributed by atoms with Gasteiger partial charge in [-0.15, -0.1) is 0 Å². The third-order valence-electron chi connectivity index (χ3n) is 3.65. The molecule has 0 bridgehead atoms. The average Bonchev–Trinajstić information content (AvgIpc) is 2.92. The number of hydrogen-bond donors (Lipinski definition) is 0. The van der Waals surface area contributed by atoms with E-state index in [4.69, 9.17) is 4.74 Å². The third-order valence-corrected chi connectivity index (χ3v) is 3.65. The first-order valence-corrected chi connectivity index (χ1v) is 7.49. The van der Waals surface area contributed by atoms with Crippen LogP contribution in [0.3, 0.4) is 0 Å². The molecule has 1 aromatic heterocycles. The molecule has 0 spiro atoms. The first-order chi connectivity index (χ1) is 11.2. The summed E-state index contributed by atoms with van der Waals surface area (Å²) in [6.07, 6.45) is 1.84. The Bertz CT molecular complexity index is 899. The summed E-state index contributed by atoms with van der Waals surface area (Å²) >= 11 is 0. The van der Waals surface area contributed by atoms with Crippen molar-refractivity contribution in [3.8, 4) is 11.8 Å². The number of imidazole rings is 1. The van der Waals surface area contributed by atoms with Gasteiger partial charge in [0.1, 0.15) is 11.8 Å². The van der Waals surface area contributed by atoms with Crippen LogP contribution in [0.5, 0.6) is 5.75 Å². The molecule has 0 amide bonds. The molecule has 2 aromatic carbocycles. The summed E-state index contributed by atoms with van der Waals surface area (Å²) in [5.74, 6) is 1.49. The Hall–Kier alpha value is -3.06. The minimum Gasteiger partial charge on any atom is -0.494 e. The second kappa shape index (κ2) is 6.37. The van der Waals surface area contributed by atoms with Gasteiger partial charge in [0.25, 0.3) is 0 Å². The van der Waals surface area contributed by atoms with Crippen LogP contribution < -0.4 is 4.74 Å². The lowest BCUT2D eigenvalue weighted by Gasteiger charge is -2.03. The first kappa shape index (κ1) is 14.9. The second-order valence-electron chi connectivity index (χ2n) is 5.16. The summed E-state index contributed by atoms with van der Waals surface area (Å²) in [6.45, 7) is 2.59. The third kappa shape index (κ3) is 2.95. The van der Waals surface area contributed by atoms with E-state index in [0.717, 1.165) is 22.3 Å². The first-order valence-electron chi connectivity index (χ1n) is 7.49. The zero-order valence-corrected chi connectivity index (χ0v) is 13.2. The number of rotatable bonds is 4. The van der Waals surface area contributed by atoms with Gasteiger partial charge in [0.2, 0.25) is 0 Å². The average molecular weight is 303 g/mol. The molecule has 0 saturated heterocycles. The fraction of sp³-hybridized carbons (Fsp3) is 0.158. The quantitative estimate of drug-likeness (QED) is 0.684. The molecule has 1 heterocycles. The van der Waals surface area contributed by atoms with Crippen molar-refractivity contribution < 1.29 is 4.74 Å². The maximum absolute atomic E-state index is 9.53. The fourth-order valence-electron chi connectivity index (χ4n) is 2.53. The predicted octanol–water partition coefficient (Wildman–Crippen LogP) is 4.04. The number of hydrogen-bond acceptors (Lipinski definition) is 3. The Labute approximate surface area is 135 Å². The van der Waals surface area contributed by atoms with Gasteiger partial charge in [-0.1, -0.05) is 24.3 Å². The van der Waals surface area contributed by atoms with Gasteiger partial charge >= 0.3 is 0 Å². The Morgan fingerprint density at radius 2 is 1.96 bits per heavy atom. The van der Waals surface area contributed by atoms with E-state index < -0.39 is 0 Å². The van der Waals surface area contributed by atoms with Crippen LogP contribution in [0.1, 0.15) is 18.3 Å². The molecule has 114 valence electrons. The van der Waals surface area contributed by atoms with E-state index >= 15 is 0 Å². The van der Waals surface area contributed by atoms with Gasteiger partial charge < -0.3 is 9.30 Å². The zero-order valence-electron chi connectivity index (χ0n) is 13.2. The highest BCUT2D eigenvalue weighted by molar-refractivity contribution is 5.90. The molecule has 4 nitrogen and oxygen atoms in total. The number of nitriles is 1. The number of aromatic nitrogens is 2. The summed E-state index contributed by atoms with van der Waals surface area (Å²) in [6, 6.07) is 17.8. The smallest absolute Gasteiger partial charge is 0.151 e. The number of benzene rings is 2. The summed E-state index contributed by atoms with van der Waals surface area (Å²) in [4.78, 5) is 4.57. The van der Waals surface area contributed by atoms with Crippen LogP contribution in [0.25, 0.3) is 22.7 Å². The van der Waals surface area contributed by atoms with Gasteiger partial charge in [-0.2, -0.15) is 5.26 Å². The monoisotopic (exact) mass is 303 g/mol. The Morgan fingerprint density at radius 3 is 2.61 bits per heavy atom. The van der Waals surface area contributed by atoms with Gasteiger partial charge in [0, 0.05) is 7.05 Å². The molecule has 3 rings (SSSR count). The largest absolute Gasteiger partial charge is 0.494 e. The van der Waals surface area contributed by atoms with Gasteiger partial charge in [-0.3, -0.25) is 0 Å². The van der Waals surface area contributed by atoms with Gasteiger partial charge in [-0.25, -0.2) is 4.98 Å². The van der Waals surface area contributed by atoms with Crippen LogP contribution in [-0.4, -0.2) is 16.2 Å². The minimum absolute atomic E-state index is 0.535. The van der Waals surface area contributed by atoms with Gasteiger partial charge in [-0.05, 0) is 42.8 Å². The number of aryl methyl sites for hydroxylation is 1. The van der Waals surface area contributed by atoms with Crippen molar-refractivity contribution in [1.29, 1.82) is 5.26 Å². The molecule has 0 aliphatic rings. The number of ether oxygens (including phenoxy) is 1. The highest BCUT2D eigenvalue weighted by atomic mass is 16.5. The van der Waals surface area contributed by atoms with E-state index in [1.54, 1.807) is 0 Å². The van der Waals surface area contributed by atoms with Crippen molar-refractivity contribution in [2.75, 3.05) is 6.61 Å². The molecule has 0 N–H and O–H groups in total. The van der Waals surface area contributed by atoms with E-state index in [1.165, 1.54) is 0 Å². The van der Waals surface area contributed by atoms with E-state index in [2.05, 4.69) is 11.1 Å². The maximum Gasteiger partial charge on any atom is 0.151 e. The molecular formula is C19H17N3O. The molecule has 0 aliphatic carbocycles. The number of allylic oxidation sites excluding steroid dienone is 1. The van der Waals surface area contributed by atoms with Crippen molar-refractivity contribution in [1.82, 2.24) is 9.55 Å². The van der Waals surface area contributed by atoms with Crippen LogP contribution in [0, 0.1) is 11.3 Å². The lowest BCUT2D eigenvalue weighted by Crippen LogP contribution is -1.96. The van der Waals surface area contributed by atoms with Crippen LogP contribution in [-0.2, 0) is 7.05 Å². The fourth-order valence-corrected chi connectivity index (χ4v) is 2.53. The summed E-state index contributed by atoms with van der Waals surface area (Å²) in [5, 5.41) is 9.53. The van der Waals surface area contributed by atoms with E-state index in [0.29, 0.717) is 18.0 Å². The second-order valence-corrected chi connectivity index (χ2v) is 5.16. The molecule has 0 atom stereocenters.